The van der Waals surface area contributed by atoms with E-state index < -0.39 is 11.6 Å². The van der Waals surface area contributed by atoms with Crippen LogP contribution in [0.4, 0.5) is 8.78 Å². The highest BCUT2D eigenvalue weighted by atomic mass is 32.1. The van der Waals surface area contributed by atoms with Crippen LogP contribution in [0, 0.1) is 17.6 Å². The Hall–Kier alpha value is -1.33. The van der Waals surface area contributed by atoms with E-state index in [0.717, 1.165) is 29.1 Å². The summed E-state index contributed by atoms with van der Waals surface area (Å²) in [5.74, 6) is -0.414. The molecule has 0 aliphatic carbocycles. The fraction of sp³-hybridized carbons (Fsp3) is 0.400. The molecule has 0 radical (unpaired) electrons. The van der Waals surface area contributed by atoms with E-state index in [1.165, 1.54) is 17.4 Å². The van der Waals surface area contributed by atoms with Gasteiger partial charge in [-0.05, 0) is 37.6 Å². The number of nitrogens with zero attached hydrogens (tertiary/aromatic N) is 1. The molecule has 5 heteroatoms. The Bertz CT molecular complexity index is 594. The van der Waals surface area contributed by atoms with Gasteiger partial charge in [-0.3, -0.25) is 0 Å². The SMILES string of the molecule is CNCc1sc(-c2cc(F)ccc2F)nc1CC(C)C. The summed E-state index contributed by atoms with van der Waals surface area (Å²) in [6, 6.07) is 3.47. The number of rotatable bonds is 5. The van der Waals surface area contributed by atoms with Gasteiger partial charge in [0.15, 0.2) is 0 Å². The maximum absolute atomic E-state index is 13.8. The zero-order valence-electron chi connectivity index (χ0n) is 11.8. The lowest BCUT2D eigenvalue weighted by Gasteiger charge is -2.03. The van der Waals surface area contributed by atoms with E-state index in [1.807, 2.05) is 7.05 Å². The molecule has 1 aromatic carbocycles. The molecule has 2 nitrogen and oxygen atoms in total. The molecule has 1 N–H and O–H groups in total. The summed E-state index contributed by atoms with van der Waals surface area (Å²) in [6.07, 6.45) is 0.838. The summed E-state index contributed by atoms with van der Waals surface area (Å²) in [7, 11) is 1.86. The summed E-state index contributed by atoms with van der Waals surface area (Å²) in [6.45, 7) is 4.92. The summed E-state index contributed by atoms with van der Waals surface area (Å²) in [5, 5.41) is 3.64. The lowest BCUT2D eigenvalue weighted by Crippen LogP contribution is -2.07. The van der Waals surface area contributed by atoms with Gasteiger partial charge in [-0.2, -0.15) is 0 Å². The highest BCUT2D eigenvalue weighted by molar-refractivity contribution is 7.15. The molecule has 0 atom stereocenters. The van der Waals surface area contributed by atoms with Gasteiger partial charge in [0.1, 0.15) is 16.6 Å². The lowest BCUT2D eigenvalue weighted by atomic mass is 10.1. The minimum absolute atomic E-state index is 0.238. The molecule has 0 saturated heterocycles. The van der Waals surface area contributed by atoms with E-state index in [1.54, 1.807) is 0 Å². The van der Waals surface area contributed by atoms with Crippen LogP contribution in [0.1, 0.15) is 24.4 Å². The van der Waals surface area contributed by atoms with E-state index in [9.17, 15) is 8.78 Å². The van der Waals surface area contributed by atoms with Crippen LogP contribution in [0.25, 0.3) is 10.6 Å². The molecule has 0 unspecified atom stereocenters. The van der Waals surface area contributed by atoms with Gasteiger partial charge in [0, 0.05) is 17.0 Å². The first-order valence-corrected chi connectivity index (χ1v) is 7.41. The maximum Gasteiger partial charge on any atom is 0.133 e. The summed E-state index contributed by atoms with van der Waals surface area (Å²) in [5.41, 5.74) is 1.21. The van der Waals surface area contributed by atoms with Gasteiger partial charge >= 0.3 is 0 Å². The molecule has 1 aromatic heterocycles. The van der Waals surface area contributed by atoms with Gasteiger partial charge in [0.05, 0.1) is 5.69 Å². The van der Waals surface area contributed by atoms with Crippen molar-refractivity contribution in [3.8, 4) is 10.6 Å². The van der Waals surface area contributed by atoms with Crippen LogP contribution in [0.15, 0.2) is 18.2 Å². The fourth-order valence-electron chi connectivity index (χ4n) is 2.00. The lowest BCUT2D eigenvalue weighted by molar-refractivity contribution is 0.602. The largest absolute Gasteiger partial charge is 0.315 e. The Morgan fingerprint density at radius 1 is 1.30 bits per heavy atom. The average Bonchev–Trinajstić information content (AvgIpc) is 2.75. The molecule has 0 fully saturated rings. The zero-order valence-corrected chi connectivity index (χ0v) is 12.7. The number of nitrogens with one attached hydrogen (secondary N) is 1. The number of benzene rings is 1. The Kier molecular flexibility index (Phi) is 4.83. The third-order valence-electron chi connectivity index (χ3n) is 2.88. The van der Waals surface area contributed by atoms with Crippen molar-refractivity contribution < 1.29 is 8.78 Å². The monoisotopic (exact) mass is 296 g/mol. The molecular formula is C15H18F2N2S. The van der Waals surface area contributed by atoms with Crippen LogP contribution in [0.5, 0.6) is 0 Å². The number of hydrogen-bond acceptors (Lipinski definition) is 3. The summed E-state index contributed by atoms with van der Waals surface area (Å²) in [4.78, 5) is 5.60. The highest BCUT2D eigenvalue weighted by Gasteiger charge is 2.16. The van der Waals surface area contributed by atoms with E-state index in [0.29, 0.717) is 17.5 Å². The van der Waals surface area contributed by atoms with Crippen LogP contribution in [-0.2, 0) is 13.0 Å². The minimum Gasteiger partial charge on any atom is -0.315 e. The van der Waals surface area contributed by atoms with Crippen molar-refractivity contribution >= 4 is 11.3 Å². The molecule has 108 valence electrons. The van der Waals surface area contributed by atoms with Crippen molar-refractivity contribution in [2.45, 2.75) is 26.8 Å². The first-order valence-electron chi connectivity index (χ1n) is 6.60. The number of thiazole rings is 1. The average molecular weight is 296 g/mol. The molecule has 0 aliphatic heterocycles. The zero-order chi connectivity index (χ0) is 14.7. The van der Waals surface area contributed by atoms with Gasteiger partial charge in [-0.25, -0.2) is 13.8 Å². The highest BCUT2D eigenvalue weighted by Crippen LogP contribution is 2.31. The van der Waals surface area contributed by atoms with Crippen LogP contribution in [-0.4, -0.2) is 12.0 Å². The third-order valence-corrected chi connectivity index (χ3v) is 4.01. The number of aromatic nitrogens is 1. The molecule has 0 saturated carbocycles. The molecule has 0 spiro atoms. The second kappa shape index (κ2) is 6.41. The quantitative estimate of drug-likeness (QED) is 0.902. The Balaban J connectivity index is 2.44. The van der Waals surface area contributed by atoms with Crippen LogP contribution < -0.4 is 5.32 Å². The molecule has 2 aromatic rings. The first-order chi connectivity index (χ1) is 9.51. The van der Waals surface area contributed by atoms with Gasteiger partial charge in [-0.1, -0.05) is 13.8 Å². The molecule has 0 bridgehead atoms. The molecule has 1 heterocycles. The summed E-state index contributed by atoms with van der Waals surface area (Å²) < 4.78 is 27.1. The van der Waals surface area contributed by atoms with Gasteiger partial charge in [-0.15, -0.1) is 11.3 Å². The predicted octanol–water partition coefficient (Wildman–Crippen LogP) is 4.01. The van der Waals surface area contributed by atoms with Gasteiger partial charge in [0.25, 0.3) is 0 Å². The fourth-order valence-corrected chi connectivity index (χ4v) is 3.12. The Labute approximate surface area is 121 Å². The normalized spacial score (nSPS) is 11.3. The maximum atomic E-state index is 13.8. The molecule has 0 amide bonds. The second-order valence-electron chi connectivity index (χ2n) is 5.14. The van der Waals surface area contributed by atoms with Crippen molar-refractivity contribution in [3.63, 3.8) is 0 Å². The smallest absolute Gasteiger partial charge is 0.133 e. The number of halogens is 2. The molecule has 0 aliphatic rings. The Morgan fingerprint density at radius 3 is 2.70 bits per heavy atom. The van der Waals surface area contributed by atoms with E-state index in [4.69, 9.17) is 0 Å². The van der Waals surface area contributed by atoms with E-state index >= 15 is 0 Å². The van der Waals surface area contributed by atoms with Gasteiger partial charge < -0.3 is 5.32 Å². The van der Waals surface area contributed by atoms with E-state index in [2.05, 4.69) is 24.1 Å². The van der Waals surface area contributed by atoms with E-state index in [-0.39, 0.29) is 5.56 Å². The predicted molar refractivity (Wildman–Crippen MR) is 78.8 cm³/mol. The molecular weight excluding hydrogens is 278 g/mol. The van der Waals surface area contributed by atoms with Crippen molar-refractivity contribution in [1.29, 1.82) is 0 Å². The van der Waals surface area contributed by atoms with Crippen molar-refractivity contribution in [2.24, 2.45) is 5.92 Å². The van der Waals surface area contributed by atoms with Crippen LogP contribution in [0.3, 0.4) is 0 Å². The standard InChI is InChI=1S/C15H18F2N2S/c1-9(2)6-13-14(8-18-3)20-15(19-13)11-7-10(16)4-5-12(11)17/h4-5,7,9,18H,6,8H2,1-3H3. The Morgan fingerprint density at radius 2 is 2.05 bits per heavy atom. The summed E-state index contributed by atoms with van der Waals surface area (Å²) >= 11 is 1.42. The topological polar surface area (TPSA) is 24.9 Å². The van der Waals surface area contributed by atoms with Crippen molar-refractivity contribution in [1.82, 2.24) is 10.3 Å². The molecule has 2 rings (SSSR count). The van der Waals surface area contributed by atoms with Crippen molar-refractivity contribution in [3.05, 3.63) is 40.4 Å². The minimum atomic E-state index is -0.447. The third kappa shape index (κ3) is 3.41. The number of hydrogen-bond donors (Lipinski definition) is 1. The van der Waals surface area contributed by atoms with Crippen molar-refractivity contribution in [2.75, 3.05) is 7.05 Å². The molecule has 20 heavy (non-hydrogen) atoms. The second-order valence-corrected chi connectivity index (χ2v) is 6.22. The van der Waals surface area contributed by atoms with Crippen LogP contribution in [0.2, 0.25) is 0 Å². The van der Waals surface area contributed by atoms with Crippen LogP contribution >= 0.6 is 11.3 Å². The first kappa shape index (κ1) is 15.1. The van der Waals surface area contributed by atoms with Gasteiger partial charge in [0.2, 0.25) is 0 Å².